The molecule has 146 valence electrons. The van der Waals surface area contributed by atoms with E-state index in [4.69, 9.17) is 9.47 Å². The van der Waals surface area contributed by atoms with Crippen LogP contribution >= 0.6 is 15.9 Å². The number of hydrogen-bond acceptors (Lipinski definition) is 3. The fraction of sp³-hybridized carbons (Fsp3) is 0.409. The lowest BCUT2D eigenvalue weighted by molar-refractivity contribution is -0.118. The number of carbonyl (C=O) groups excluding carboxylic acids is 1. The van der Waals surface area contributed by atoms with Crippen LogP contribution in [0.2, 0.25) is 0 Å². The molecule has 0 spiro atoms. The zero-order valence-corrected chi connectivity index (χ0v) is 18.2. The van der Waals surface area contributed by atoms with E-state index in [0.29, 0.717) is 24.0 Å². The minimum Gasteiger partial charge on any atom is -0.493 e. The normalized spacial score (nSPS) is 11.4. The summed E-state index contributed by atoms with van der Waals surface area (Å²) >= 11 is 3.52. The molecule has 0 aliphatic carbocycles. The second-order valence-corrected chi connectivity index (χ2v) is 8.82. The lowest BCUT2D eigenvalue weighted by Crippen LogP contribution is -2.20. The highest BCUT2D eigenvalue weighted by Gasteiger charge is 2.15. The third-order valence-electron chi connectivity index (χ3n) is 3.86. The first-order chi connectivity index (χ1) is 12.6. The highest BCUT2D eigenvalue weighted by molar-refractivity contribution is 9.10. The Labute approximate surface area is 170 Å². The number of amides is 1. The lowest BCUT2D eigenvalue weighted by Gasteiger charge is -2.20. The number of hydrogen-bond donors (Lipinski definition) is 1. The largest absolute Gasteiger partial charge is 0.493 e. The number of nitrogens with one attached hydrogen (secondary N) is 1. The molecule has 0 atom stereocenters. The summed E-state index contributed by atoms with van der Waals surface area (Å²) in [6.07, 6.45) is 0. The SMILES string of the molecule is CC(C)COc1cccc(NC(=O)COc2ccc(C(C)(C)C)cc2Br)c1. The predicted molar refractivity (Wildman–Crippen MR) is 114 cm³/mol. The average Bonchev–Trinajstić information content (AvgIpc) is 2.58. The van der Waals surface area contributed by atoms with Crippen LogP contribution in [0.15, 0.2) is 46.9 Å². The third-order valence-corrected chi connectivity index (χ3v) is 4.48. The molecule has 2 rings (SSSR count). The van der Waals surface area contributed by atoms with Gasteiger partial charge in [0.15, 0.2) is 6.61 Å². The maximum absolute atomic E-state index is 12.2. The Morgan fingerprint density at radius 3 is 2.48 bits per heavy atom. The number of anilines is 1. The number of rotatable bonds is 7. The van der Waals surface area contributed by atoms with E-state index in [1.807, 2.05) is 42.5 Å². The second kappa shape index (κ2) is 9.27. The molecular weight excluding hydrogens is 406 g/mol. The molecule has 0 aromatic heterocycles. The quantitative estimate of drug-likeness (QED) is 0.599. The van der Waals surface area contributed by atoms with Crippen LogP contribution in [0, 0.1) is 5.92 Å². The second-order valence-electron chi connectivity index (χ2n) is 7.96. The Hall–Kier alpha value is -2.01. The molecule has 2 aromatic carbocycles. The monoisotopic (exact) mass is 433 g/mol. The van der Waals surface area contributed by atoms with E-state index in [9.17, 15) is 4.79 Å². The van der Waals surface area contributed by atoms with Crippen molar-refractivity contribution in [2.75, 3.05) is 18.5 Å². The van der Waals surface area contributed by atoms with Gasteiger partial charge in [-0.05, 0) is 57.1 Å². The van der Waals surface area contributed by atoms with Crippen molar-refractivity contribution in [1.82, 2.24) is 0 Å². The van der Waals surface area contributed by atoms with Crippen LogP contribution in [0.1, 0.15) is 40.2 Å². The first-order valence-electron chi connectivity index (χ1n) is 9.10. The van der Waals surface area contributed by atoms with Gasteiger partial charge in [0.05, 0.1) is 11.1 Å². The highest BCUT2D eigenvalue weighted by atomic mass is 79.9. The van der Waals surface area contributed by atoms with Crippen LogP contribution < -0.4 is 14.8 Å². The van der Waals surface area contributed by atoms with Crippen molar-refractivity contribution >= 4 is 27.5 Å². The van der Waals surface area contributed by atoms with E-state index >= 15 is 0 Å². The van der Waals surface area contributed by atoms with Gasteiger partial charge in [0.2, 0.25) is 0 Å². The number of benzene rings is 2. The number of ether oxygens (including phenoxy) is 2. The summed E-state index contributed by atoms with van der Waals surface area (Å²) < 4.78 is 12.2. The first kappa shape index (κ1) is 21.3. The summed E-state index contributed by atoms with van der Waals surface area (Å²) in [6.45, 7) is 11.2. The average molecular weight is 434 g/mol. The van der Waals surface area contributed by atoms with Crippen LogP contribution in [0.5, 0.6) is 11.5 Å². The van der Waals surface area contributed by atoms with Gasteiger partial charge < -0.3 is 14.8 Å². The summed E-state index contributed by atoms with van der Waals surface area (Å²) in [5.41, 5.74) is 1.94. The van der Waals surface area contributed by atoms with Crippen molar-refractivity contribution in [3.8, 4) is 11.5 Å². The van der Waals surface area contributed by atoms with E-state index in [1.54, 1.807) is 0 Å². The van der Waals surface area contributed by atoms with Gasteiger partial charge in [-0.3, -0.25) is 4.79 Å². The van der Waals surface area contributed by atoms with Crippen LogP contribution in [-0.2, 0) is 10.2 Å². The standard InChI is InChI=1S/C22H28BrNO3/c1-15(2)13-26-18-8-6-7-17(12-18)24-21(25)14-27-20-10-9-16(11-19(20)23)22(3,4)5/h6-12,15H,13-14H2,1-5H3,(H,24,25). The summed E-state index contributed by atoms with van der Waals surface area (Å²) in [4.78, 5) is 12.2. The van der Waals surface area contributed by atoms with Gasteiger partial charge in [0, 0.05) is 11.8 Å². The Morgan fingerprint density at radius 1 is 1.11 bits per heavy atom. The lowest BCUT2D eigenvalue weighted by atomic mass is 9.87. The van der Waals surface area contributed by atoms with Crippen molar-refractivity contribution < 1.29 is 14.3 Å². The summed E-state index contributed by atoms with van der Waals surface area (Å²) in [5.74, 6) is 1.61. The molecule has 1 N–H and O–H groups in total. The molecule has 0 radical (unpaired) electrons. The van der Waals surface area contributed by atoms with Crippen molar-refractivity contribution in [3.63, 3.8) is 0 Å². The van der Waals surface area contributed by atoms with Crippen molar-refractivity contribution in [3.05, 3.63) is 52.5 Å². The van der Waals surface area contributed by atoms with Gasteiger partial charge in [0.1, 0.15) is 11.5 Å². The van der Waals surface area contributed by atoms with Crippen molar-refractivity contribution in [1.29, 1.82) is 0 Å². The smallest absolute Gasteiger partial charge is 0.262 e. The first-order valence-corrected chi connectivity index (χ1v) is 9.90. The summed E-state index contributed by atoms with van der Waals surface area (Å²) in [7, 11) is 0. The minimum absolute atomic E-state index is 0.0566. The Bertz CT molecular complexity index is 781. The van der Waals surface area contributed by atoms with Gasteiger partial charge in [-0.15, -0.1) is 0 Å². The van der Waals surface area contributed by atoms with Gasteiger partial charge in [-0.2, -0.15) is 0 Å². The van der Waals surface area contributed by atoms with E-state index in [-0.39, 0.29) is 17.9 Å². The minimum atomic E-state index is -0.220. The molecule has 27 heavy (non-hydrogen) atoms. The van der Waals surface area contributed by atoms with Gasteiger partial charge in [-0.25, -0.2) is 0 Å². The molecule has 4 nitrogen and oxygen atoms in total. The predicted octanol–water partition coefficient (Wildman–Crippen LogP) is 5.80. The zero-order valence-electron chi connectivity index (χ0n) is 16.6. The molecule has 0 bridgehead atoms. The van der Waals surface area contributed by atoms with Gasteiger partial charge >= 0.3 is 0 Å². The maximum atomic E-state index is 12.2. The number of carbonyl (C=O) groups is 1. The highest BCUT2D eigenvalue weighted by Crippen LogP contribution is 2.31. The van der Waals surface area contributed by atoms with Crippen molar-refractivity contribution in [2.24, 2.45) is 5.92 Å². The molecule has 0 saturated heterocycles. The van der Waals surface area contributed by atoms with Crippen LogP contribution in [0.3, 0.4) is 0 Å². The number of halogens is 1. The molecule has 5 heteroatoms. The van der Waals surface area contributed by atoms with E-state index < -0.39 is 0 Å². The van der Waals surface area contributed by atoms with Crippen LogP contribution in [-0.4, -0.2) is 19.1 Å². The third kappa shape index (κ3) is 6.90. The zero-order chi connectivity index (χ0) is 20.0. The Morgan fingerprint density at radius 2 is 1.85 bits per heavy atom. The van der Waals surface area contributed by atoms with Crippen LogP contribution in [0.25, 0.3) is 0 Å². The van der Waals surface area contributed by atoms with E-state index in [1.165, 1.54) is 5.56 Å². The van der Waals surface area contributed by atoms with Gasteiger partial charge in [-0.1, -0.05) is 46.8 Å². The molecular formula is C22H28BrNO3. The molecule has 1 amide bonds. The summed E-state index contributed by atoms with van der Waals surface area (Å²) in [6, 6.07) is 13.3. The Balaban J connectivity index is 1.92. The van der Waals surface area contributed by atoms with Crippen molar-refractivity contribution in [2.45, 2.75) is 40.0 Å². The summed E-state index contributed by atoms with van der Waals surface area (Å²) in [5, 5.41) is 2.84. The van der Waals surface area contributed by atoms with Crippen LogP contribution in [0.4, 0.5) is 5.69 Å². The molecule has 2 aromatic rings. The molecule has 0 aliphatic rings. The fourth-order valence-electron chi connectivity index (χ4n) is 2.35. The molecule has 0 aliphatic heterocycles. The molecule has 0 fully saturated rings. The fourth-order valence-corrected chi connectivity index (χ4v) is 2.84. The molecule has 0 saturated carbocycles. The van der Waals surface area contributed by atoms with E-state index in [2.05, 4.69) is 55.9 Å². The maximum Gasteiger partial charge on any atom is 0.262 e. The van der Waals surface area contributed by atoms with E-state index in [0.717, 1.165) is 10.2 Å². The topological polar surface area (TPSA) is 47.6 Å². The van der Waals surface area contributed by atoms with Gasteiger partial charge in [0.25, 0.3) is 5.91 Å². The molecule has 0 heterocycles. The molecule has 0 unspecified atom stereocenters. The Kier molecular flexibility index (Phi) is 7.31.